The van der Waals surface area contributed by atoms with Crippen molar-refractivity contribution in [1.29, 1.82) is 0 Å². The van der Waals surface area contributed by atoms with Crippen LogP contribution >= 0.6 is 0 Å². The highest BCUT2D eigenvalue weighted by Crippen LogP contribution is 2.37. The highest BCUT2D eigenvalue weighted by atomic mass is 16.5. The average molecular weight is 289 g/mol. The first-order valence-corrected chi connectivity index (χ1v) is 8.17. The van der Waals surface area contributed by atoms with Gasteiger partial charge in [-0.15, -0.1) is 0 Å². The molecular formula is C18H27NO2. The maximum Gasteiger partial charge on any atom is 0.119 e. The Hall–Kier alpha value is -1.06. The van der Waals surface area contributed by atoms with E-state index in [4.69, 9.17) is 4.74 Å². The normalized spacial score (nSPS) is 33.5. The zero-order valence-electron chi connectivity index (χ0n) is 13.4. The lowest BCUT2D eigenvalue weighted by Crippen LogP contribution is -2.49. The Labute approximate surface area is 127 Å². The summed E-state index contributed by atoms with van der Waals surface area (Å²) in [7, 11) is 1.69. The van der Waals surface area contributed by atoms with Gasteiger partial charge < -0.3 is 9.84 Å². The lowest BCUT2D eigenvalue weighted by Gasteiger charge is -2.44. The van der Waals surface area contributed by atoms with Crippen LogP contribution in [0.1, 0.15) is 43.9 Å². The van der Waals surface area contributed by atoms with Gasteiger partial charge in [0.2, 0.25) is 0 Å². The minimum atomic E-state index is -0.364. The number of aliphatic hydroxyl groups excluding tert-OH is 1. The summed E-state index contributed by atoms with van der Waals surface area (Å²) >= 11 is 0. The van der Waals surface area contributed by atoms with E-state index in [0.29, 0.717) is 0 Å². The van der Waals surface area contributed by atoms with Gasteiger partial charge in [-0.3, -0.25) is 4.90 Å². The first-order valence-electron chi connectivity index (χ1n) is 8.17. The van der Waals surface area contributed by atoms with Crippen LogP contribution in [-0.2, 0) is 6.42 Å². The Kier molecular flexibility index (Phi) is 4.23. The van der Waals surface area contributed by atoms with Gasteiger partial charge in [0.15, 0.2) is 0 Å². The predicted octanol–water partition coefficient (Wildman–Crippen LogP) is 3.02. The van der Waals surface area contributed by atoms with Crippen molar-refractivity contribution in [3.63, 3.8) is 0 Å². The van der Waals surface area contributed by atoms with Crippen LogP contribution in [0.5, 0.6) is 5.75 Å². The fourth-order valence-electron chi connectivity index (χ4n) is 4.25. The first kappa shape index (κ1) is 14.9. The van der Waals surface area contributed by atoms with Crippen LogP contribution in [-0.4, -0.2) is 36.2 Å². The maximum absolute atomic E-state index is 10.8. The molecule has 0 aromatic heterocycles. The van der Waals surface area contributed by atoms with Crippen molar-refractivity contribution >= 4 is 0 Å². The summed E-state index contributed by atoms with van der Waals surface area (Å²) in [6.07, 6.45) is 3.03. The Morgan fingerprint density at radius 3 is 2.57 bits per heavy atom. The second kappa shape index (κ2) is 5.98. The summed E-state index contributed by atoms with van der Waals surface area (Å²) in [5, 5.41) is 10.8. The molecule has 1 N–H and O–H groups in total. The van der Waals surface area contributed by atoms with E-state index in [9.17, 15) is 5.11 Å². The molecule has 0 bridgehead atoms. The summed E-state index contributed by atoms with van der Waals surface area (Å²) < 4.78 is 5.29. The molecule has 3 heteroatoms. The molecule has 1 aromatic carbocycles. The van der Waals surface area contributed by atoms with Gasteiger partial charge in [0.25, 0.3) is 0 Å². The summed E-state index contributed by atoms with van der Waals surface area (Å²) in [4.78, 5) is 2.52. The minimum absolute atomic E-state index is 0.274. The summed E-state index contributed by atoms with van der Waals surface area (Å²) in [5.74, 6) is 2.36. The zero-order chi connectivity index (χ0) is 15.0. The summed E-state index contributed by atoms with van der Waals surface area (Å²) in [5.41, 5.74) is 2.34. The molecule has 3 nitrogen and oxygen atoms in total. The lowest BCUT2D eigenvalue weighted by molar-refractivity contribution is 0.00264. The first-order chi connectivity index (χ1) is 10.1. The number of rotatable bonds is 2. The minimum Gasteiger partial charge on any atom is -0.497 e. The number of aryl methyl sites for hydroxylation is 1. The SMILES string of the molecule is COc1ccc2c(c1)CCC(N1CC(C)CC(C)C1)C2O. The molecule has 1 aliphatic carbocycles. The number of methoxy groups -OCH3 is 1. The highest BCUT2D eigenvalue weighted by Gasteiger charge is 2.35. The van der Waals surface area contributed by atoms with Crippen molar-refractivity contribution in [2.45, 2.75) is 45.3 Å². The smallest absolute Gasteiger partial charge is 0.119 e. The number of likely N-dealkylation sites (tertiary alicyclic amines) is 1. The van der Waals surface area contributed by atoms with E-state index >= 15 is 0 Å². The Balaban J connectivity index is 1.80. The van der Waals surface area contributed by atoms with Crippen molar-refractivity contribution in [2.24, 2.45) is 11.8 Å². The van der Waals surface area contributed by atoms with Crippen LogP contribution in [0.25, 0.3) is 0 Å². The van der Waals surface area contributed by atoms with Crippen molar-refractivity contribution in [2.75, 3.05) is 20.2 Å². The van der Waals surface area contributed by atoms with Crippen LogP contribution in [0.3, 0.4) is 0 Å². The predicted molar refractivity (Wildman–Crippen MR) is 84.6 cm³/mol. The molecule has 2 aliphatic rings. The highest BCUT2D eigenvalue weighted by molar-refractivity contribution is 5.39. The second-order valence-corrected chi connectivity index (χ2v) is 7.02. The van der Waals surface area contributed by atoms with Gasteiger partial charge in [-0.25, -0.2) is 0 Å². The van der Waals surface area contributed by atoms with E-state index in [1.807, 2.05) is 12.1 Å². The molecule has 1 aromatic rings. The molecule has 1 saturated heterocycles. The molecule has 0 saturated carbocycles. The molecular weight excluding hydrogens is 262 g/mol. The average Bonchev–Trinajstić information content (AvgIpc) is 2.46. The number of fused-ring (bicyclic) bond motifs is 1. The fraction of sp³-hybridized carbons (Fsp3) is 0.667. The van der Waals surface area contributed by atoms with Gasteiger partial charge in [-0.2, -0.15) is 0 Å². The van der Waals surface area contributed by atoms with Crippen LogP contribution < -0.4 is 4.74 Å². The van der Waals surface area contributed by atoms with Gasteiger partial charge in [0.1, 0.15) is 5.75 Å². The number of benzene rings is 1. The largest absolute Gasteiger partial charge is 0.497 e. The van der Waals surface area contributed by atoms with E-state index in [2.05, 4.69) is 24.8 Å². The maximum atomic E-state index is 10.8. The molecule has 4 unspecified atom stereocenters. The van der Waals surface area contributed by atoms with Crippen LogP contribution in [0.4, 0.5) is 0 Å². The number of nitrogens with zero attached hydrogens (tertiary/aromatic N) is 1. The third-order valence-corrected chi connectivity index (χ3v) is 5.11. The molecule has 0 spiro atoms. The van der Waals surface area contributed by atoms with Gasteiger partial charge in [0, 0.05) is 19.1 Å². The standard InChI is InChI=1S/C18H27NO2/c1-12-8-13(2)11-19(10-12)17-7-4-14-9-15(21-3)5-6-16(14)18(17)20/h5-6,9,12-13,17-18,20H,4,7-8,10-11H2,1-3H3. The molecule has 1 fully saturated rings. The van der Waals surface area contributed by atoms with Crippen LogP contribution in [0.15, 0.2) is 18.2 Å². The van der Waals surface area contributed by atoms with Gasteiger partial charge in [0.05, 0.1) is 13.2 Å². The molecule has 0 radical (unpaired) electrons. The van der Waals surface area contributed by atoms with Crippen molar-refractivity contribution < 1.29 is 9.84 Å². The molecule has 3 rings (SSSR count). The number of hydrogen-bond donors (Lipinski definition) is 1. The molecule has 0 amide bonds. The lowest BCUT2D eigenvalue weighted by atomic mass is 9.82. The van der Waals surface area contributed by atoms with Gasteiger partial charge in [-0.05, 0) is 54.4 Å². The van der Waals surface area contributed by atoms with Crippen molar-refractivity contribution in [1.82, 2.24) is 4.90 Å². The van der Waals surface area contributed by atoms with E-state index in [-0.39, 0.29) is 12.1 Å². The van der Waals surface area contributed by atoms with Gasteiger partial charge >= 0.3 is 0 Å². The van der Waals surface area contributed by atoms with Crippen LogP contribution in [0, 0.1) is 11.8 Å². The third-order valence-electron chi connectivity index (χ3n) is 5.11. The molecule has 4 atom stereocenters. The van der Waals surface area contributed by atoms with E-state index in [0.717, 1.165) is 49.1 Å². The topological polar surface area (TPSA) is 32.7 Å². The number of piperidine rings is 1. The number of hydrogen-bond acceptors (Lipinski definition) is 3. The monoisotopic (exact) mass is 289 g/mol. The van der Waals surface area contributed by atoms with E-state index in [1.54, 1.807) is 7.11 Å². The molecule has 1 aliphatic heterocycles. The Morgan fingerprint density at radius 1 is 1.19 bits per heavy atom. The van der Waals surface area contributed by atoms with Gasteiger partial charge in [-0.1, -0.05) is 19.9 Å². The Morgan fingerprint density at radius 2 is 1.90 bits per heavy atom. The molecule has 1 heterocycles. The Bertz CT molecular complexity index is 492. The van der Waals surface area contributed by atoms with E-state index in [1.165, 1.54) is 12.0 Å². The number of ether oxygens (including phenoxy) is 1. The quantitative estimate of drug-likeness (QED) is 0.908. The van der Waals surface area contributed by atoms with Crippen molar-refractivity contribution in [3.8, 4) is 5.75 Å². The molecule has 21 heavy (non-hydrogen) atoms. The third kappa shape index (κ3) is 2.95. The van der Waals surface area contributed by atoms with E-state index < -0.39 is 0 Å². The van der Waals surface area contributed by atoms with Crippen molar-refractivity contribution in [3.05, 3.63) is 29.3 Å². The number of aliphatic hydroxyl groups is 1. The second-order valence-electron chi connectivity index (χ2n) is 7.02. The molecule has 116 valence electrons. The summed E-state index contributed by atoms with van der Waals surface area (Å²) in [6.45, 7) is 6.91. The van der Waals surface area contributed by atoms with Crippen LogP contribution in [0.2, 0.25) is 0 Å². The fourth-order valence-corrected chi connectivity index (χ4v) is 4.25. The zero-order valence-corrected chi connectivity index (χ0v) is 13.4. The summed E-state index contributed by atoms with van der Waals surface area (Å²) in [6, 6.07) is 6.36.